The molecular formula is CFKNO. The first-order valence-corrected chi connectivity index (χ1v) is 0.582. The first-order chi connectivity index (χ1) is 1.91. The molecule has 0 saturated carbocycles. The molecule has 4 heteroatoms. The fourth-order valence-electron chi connectivity index (χ4n) is 0. The summed E-state index contributed by atoms with van der Waals surface area (Å²) < 4.78 is 9.86. The molecule has 0 amide bonds. The van der Waals surface area contributed by atoms with Crippen molar-refractivity contribution in [3.05, 3.63) is 0 Å². The van der Waals surface area contributed by atoms with Gasteiger partial charge < -0.3 is 0 Å². The van der Waals surface area contributed by atoms with E-state index in [1.165, 1.54) is 0 Å². The van der Waals surface area contributed by atoms with Crippen molar-refractivity contribution in [2.24, 2.45) is 0 Å². The minimum Gasteiger partial charge on any atom is -0.210 e. The molecule has 0 aromatic rings. The maximum atomic E-state index is 9.86. The normalized spacial score (nSPS) is 3.20. The number of halogens is 1. The molecule has 0 N–H and O–H groups in total. The Hall–Kier alpha value is 0.856. The molecule has 0 rings (SSSR count). The van der Waals surface area contributed by atoms with Gasteiger partial charge in [0.2, 0.25) is 0 Å². The fourth-order valence-corrected chi connectivity index (χ4v) is 0. The molecule has 0 aliphatic carbocycles. The summed E-state index contributed by atoms with van der Waals surface area (Å²) >= 11 is 0. The monoisotopic (exact) mass is 100.0 g/mol. The maximum Gasteiger partial charge on any atom is 0.331 e. The summed E-state index contributed by atoms with van der Waals surface area (Å²) in [6.07, 6.45) is 0.764. The van der Waals surface area contributed by atoms with Gasteiger partial charge in [0.1, 0.15) is 0 Å². The summed E-state index contributed by atoms with van der Waals surface area (Å²) in [5.41, 5.74) is 0. The first-order valence-electron chi connectivity index (χ1n) is 0.582. The molecule has 0 saturated heterocycles. The van der Waals surface area contributed by atoms with Crippen LogP contribution in [0.3, 0.4) is 0 Å². The van der Waals surface area contributed by atoms with E-state index < -0.39 is 0 Å². The molecular weight excluding hydrogens is 100 g/mol. The third-order valence-corrected chi connectivity index (χ3v) is 0.0345. The second-order valence-electron chi connectivity index (χ2n) is 0.168. The average molecular weight is 100 g/mol. The summed E-state index contributed by atoms with van der Waals surface area (Å²) in [5.74, 6) is 0. The summed E-state index contributed by atoms with van der Waals surface area (Å²) in [4.78, 5) is 2.35. The van der Waals surface area contributed by atoms with E-state index in [2.05, 4.69) is 4.94 Å². The van der Waals surface area contributed by atoms with Crippen LogP contribution in [0.1, 0.15) is 0 Å². The molecule has 0 fully saturated rings. The van der Waals surface area contributed by atoms with Crippen molar-refractivity contribution >= 4 is 51.4 Å². The van der Waals surface area contributed by atoms with Gasteiger partial charge in [0.05, 0.1) is 0 Å². The molecule has 0 heterocycles. The first kappa shape index (κ1) is 9.29. The molecule has 0 atom stereocenters. The Balaban J connectivity index is 0. The minimum atomic E-state index is 0. The molecule has 0 bridgehead atoms. The molecule has 2 nitrogen and oxygen atoms in total. The predicted molar refractivity (Wildman–Crippen MR) is 13.6 cm³/mol. The Morgan fingerprint density at radius 2 is 2.00 bits per heavy atom. The Morgan fingerprint density at radius 1 is 1.80 bits per heavy atom. The number of nitrogens with zero attached hydrogens (tertiary/aromatic N) is 1. The van der Waals surface area contributed by atoms with Gasteiger partial charge in [-0.1, -0.05) is 0 Å². The molecule has 0 unspecified atom stereocenters. The Bertz CT molecular complexity index is 41.4. The van der Waals surface area contributed by atoms with Gasteiger partial charge in [-0.15, -0.1) is 5.26 Å². The molecule has 0 aromatic carbocycles. The fraction of sp³-hybridized carbons (Fsp3) is 0. The van der Waals surface area contributed by atoms with Crippen molar-refractivity contribution in [3.8, 4) is 6.26 Å². The van der Waals surface area contributed by atoms with Gasteiger partial charge >= 0.3 is 6.26 Å². The van der Waals surface area contributed by atoms with Gasteiger partial charge in [-0.05, 0) is 0 Å². The summed E-state index contributed by atoms with van der Waals surface area (Å²) in [6.45, 7) is 0. The van der Waals surface area contributed by atoms with Crippen LogP contribution in [0.2, 0.25) is 0 Å². The molecule has 0 aromatic heterocycles. The van der Waals surface area contributed by atoms with Crippen LogP contribution < -0.4 is 0 Å². The van der Waals surface area contributed by atoms with Crippen molar-refractivity contribution in [1.29, 1.82) is 5.26 Å². The van der Waals surface area contributed by atoms with Crippen molar-refractivity contribution in [2.75, 3.05) is 0 Å². The van der Waals surface area contributed by atoms with Crippen molar-refractivity contribution in [2.45, 2.75) is 0 Å². The third-order valence-electron chi connectivity index (χ3n) is 0.0345. The summed E-state index contributed by atoms with van der Waals surface area (Å²) in [5, 5.41) is 7.03. The largest absolute Gasteiger partial charge is 0.331 e. The zero-order valence-electron chi connectivity index (χ0n) is 2.73. The smallest absolute Gasteiger partial charge is 0.210 e. The van der Waals surface area contributed by atoms with E-state index >= 15 is 0 Å². The molecule has 1 radical (unpaired) electrons. The van der Waals surface area contributed by atoms with E-state index in [0.29, 0.717) is 0 Å². The van der Waals surface area contributed by atoms with Gasteiger partial charge in [0.25, 0.3) is 0 Å². The third kappa shape index (κ3) is 11.5. The van der Waals surface area contributed by atoms with Gasteiger partial charge in [-0.3, -0.25) is 0 Å². The molecule has 5 heavy (non-hydrogen) atoms. The van der Waals surface area contributed by atoms with Crippen molar-refractivity contribution < 1.29 is 9.47 Å². The Kier molecular flexibility index (Phi) is 16.4. The van der Waals surface area contributed by atoms with Crippen LogP contribution in [0.25, 0.3) is 0 Å². The van der Waals surface area contributed by atoms with Gasteiger partial charge in [0.15, 0.2) is 0 Å². The topological polar surface area (TPSA) is 33.0 Å². The quantitative estimate of drug-likeness (QED) is 0.317. The van der Waals surface area contributed by atoms with E-state index in [0.717, 1.165) is 6.26 Å². The minimum absolute atomic E-state index is 0. The second-order valence-corrected chi connectivity index (χ2v) is 0.168. The molecule has 0 aliphatic heterocycles. The molecule has 0 spiro atoms. The maximum absolute atomic E-state index is 9.86. The van der Waals surface area contributed by atoms with Crippen LogP contribution >= 0.6 is 0 Å². The van der Waals surface area contributed by atoms with Crippen LogP contribution in [0.15, 0.2) is 0 Å². The van der Waals surface area contributed by atoms with Gasteiger partial charge in [-0.2, -0.15) is 0 Å². The van der Waals surface area contributed by atoms with E-state index in [9.17, 15) is 4.53 Å². The average Bonchev–Trinajstić information content (AvgIpc) is 1.37. The number of hydrogen-bond acceptors (Lipinski definition) is 2. The van der Waals surface area contributed by atoms with E-state index in [1.54, 1.807) is 0 Å². The van der Waals surface area contributed by atoms with Crippen LogP contribution in [-0.4, -0.2) is 51.4 Å². The van der Waals surface area contributed by atoms with Crippen LogP contribution in [0.5, 0.6) is 0 Å². The van der Waals surface area contributed by atoms with E-state index in [4.69, 9.17) is 5.26 Å². The van der Waals surface area contributed by atoms with Crippen LogP contribution in [0.4, 0.5) is 4.53 Å². The molecule has 23 valence electrons. The Labute approximate surface area is 71.2 Å². The SMILES string of the molecule is N#COF.[K]. The molecule has 0 aliphatic rings. The van der Waals surface area contributed by atoms with Crippen LogP contribution in [-0.2, 0) is 4.94 Å². The van der Waals surface area contributed by atoms with Gasteiger partial charge in [0, 0.05) is 55.9 Å². The van der Waals surface area contributed by atoms with E-state index in [-0.39, 0.29) is 51.4 Å². The van der Waals surface area contributed by atoms with Gasteiger partial charge in [-0.25, -0.2) is 4.94 Å². The van der Waals surface area contributed by atoms with E-state index in [1.807, 2.05) is 0 Å². The number of rotatable bonds is 0. The van der Waals surface area contributed by atoms with Crippen molar-refractivity contribution in [1.82, 2.24) is 0 Å². The predicted octanol–water partition coefficient (Wildman–Crippen LogP) is -0.0122. The summed E-state index contributed by atoms with van der Waals surface area (Å²) in [7, 11) is 0. The zero-order chi connectivity index (χ0) is 3.41. The summed E-state index contributed by atoms with van der Waals surface area (Å²) in [6, 6.07) is 0. The second kappa shape index (κ2) is 8.85. The zero-order valence-corrected chi connectivity index (χ0v) is 5.86. The van der Waals surface area contributed by atoms with Crippen LogP contribution in [0, 0.1) is 11.5 Å². The number of nitriles is 1. The Morgan fingerprint density at radius 3 is 2.00 bits per heavy atom. The van der Waals surface area contributed by atoms with Crippen molar-refractivity contribution in [3.63, 3.8) is 0 Å². The standard InChI is InChI=1S/CFNO.K/c2-4-1-3;. The number of hydrogen-bond donors (Lipinski definition) is 0.